The van der Waals surface area contributed by atoms with Crippen molar-refractivity contribution in [3.8, 4) is 11.1 Å². The molecule has 4 rings (SSSR count). The third kappa shape index (κ3) is 4.89. The summed E-state index contributed by atoms with van der Waals surface area (Å²) in [6.07, 6.45) is 5.60. The molecule has 30 heavy (non-hydrogen) atoms. The molecule has 5 nitrogen and oxygen atoms in total. The van der Waals surface area contributed by atoms with E-state index in [9.17, 15) is 9.59 Å². The van der Waals surface area contributed by atoms with Crippen molar-refractivity contribution >= 4 is 11.8 Å². The van der Waals surface area contributed by atoms with Crippen molar-refractivity contribution in [2.45, 2.75) is 51.4 Å². The van der Waals surface area contributed by atoms with Gasteiger partial charge in [0.2, 0.25) is 11.8 Å². The maximum atomic E-state index is 13.0. The number of hydrogen-bond acceptors (Lipinski definition) is 3. The Kier molecular flexibility index (Phi) is 6.46. The summed E-state index contributed by atoms with van der Waals surface area (Å²) in [4.78, 5) is 33.8. The number of aromatic nitrogens is 1. The van der Waals surface area contributed by atoms with Gasteiger partial charge in [-0.3, -0.25) is 14.6 Å². The summed E-state index contributed by atoms with van der Waals surface area (Å²) in [5, 5.41) is 0. The number of carbonyl (C=O) groups excluding carboxylic acids is 2. The van der Waals surface area contributed by atoms with Crippen molar-refractivity contribution in [2.75, 3.05) is 26.2 Å². The van der Waals surface area contributed by atoms with E-state index in [0.29, 0.717) is 19.5 Å². The lowest BCUT2D eigenvalue weighted by molar-refractivity contribution is -0.140. The van der Waals surface area contributed by atoms with Crippen LogP contribution >= 0.6 is 0 Å². The van der Waals surface area contributed by atoms with Crippen LogP contribution in [-0.4, -0.2) is 52.8 Å². The topological polar surface area (TPSA) is 53.5 Å². The molecule has 158 valence electrons. The van der Waals surface area contributed by atoms with E-state index in [1.165, 1.54) is 11.1 Å². The summed E-state index contributed by atoms with van der Waals surface area (Å²) in [5.41, 5.74) is 4.44. The predicted octanol–water partition coefficient (Wildman–Crippen LogP) is 4.17. The molecule has 0 N–H and O–H groups in total. The van der Waals surface area contributed by atoms with Crippen molar-refractivity contribution in [1.82, 2.24) is 14.8 Å². The van der Waals surface area contributed by atoms with Crippen LogP contribution in [0.15, 0.2) is 42.5 Å². The van der Waals surface area contributed by atoms with Crippen LogP contribution in [0.4, 0.5) is 0 Å². The number of pyridine rings is 1. The van der Waals surface area contributed by atoms with E-state index in [4.69, 9.17) is 4.98 Å². The number of aryl methyl sites for hydroxylation is 1. The Balaban J connectivity index is 1.47. The number of benzene rings is 1. The minimum Gasteiger partial charge on any atom is -0.340 e. The van der Waals surface area contributed by atoms with Gasteiger partial charge in [-0.05, 0) is 55.9 Å². The molecule has 0 radical (unpaired) electrons. The number of nitrogens with zero attached hydrogens (tertiary/aromatic N) is 3. The second-order valence-corrected chi connectivity index (χ2v) is 8.59. The van der Waals surface area contributed by atoms with E-state index >= 15 is 0 Å². The third-order valence-corrected chi connectivity index (χ3v) is 6.27. The first kappa shape index (κ1) is 20.6. The lowest BCUT2D eigenvalue weighted by Gasteiger charge is -2.34. The summed E-state index contributed by atoms with van der Waals surface area (Å²) in [5.74, 6) is 0.443. The first-order chi connectivity index (χ1) is 14.6. The van der Waals surface area contributed by atoms with Gasteiger partial charge in [0, 0.05) is 43.4 Å². The van der Waals surface area contributed by atoms with Crippen molar-refractivity contribution in [3.63, 3.8) is 0 Å². The van der Waals surface area contributed by atoms with Crippen LogP contribution in [0, 0.1) is 6.92 Å². The maximum Gasteiger partial charge on any atom is 0.242 e. The summed E-state index contributed by atoms with van der Waals surface area (Å²) in [6, 6.07) is 14.7. The molecule has 2 amide bonds. The average Bonchev–Trinajstić information content (AvgIpc) is 2.98. The van der Waals surface area contributed by atoms with Gasteiger partial charge in [0.15, 0.2) is 0 Å². The second-order valence-electron chi connectivity index (χ2n) is 8.59. The first-order valence-corrected chi connectivity index (χ1v) is 11.2. The highest BCUT2D eigenvalue weighted by molar-refractivity contribution is 5.85. The van der Waals surface area contributed by atoms with Gasteiger partial charge in [-0.25, -0.2) is 0 Å². The van der Waals surface area contributed by atoms with E-state index in [2.05, 4.69) is 36.4 Å². The lowest BCUT2D eigenvalue weighted by Crippen LogP contribution is -2.46. The smallest absolute Gasteiger partial charge is 0.242 e. The zero-order chi connectivity index (χ0) is 20.9. The molecule has 2 fully saturated rings. The molecule has 0 saturated carbocycles. The van der Waals surface area contributed by atoms with Crippen molar-refractivity contribution < 1.29 is 9.59 Å². The van der Waals surface area contributed by atoms with Crippen LogP contribution < -0.4 is 0 Å². The number of rotatable bonds is 4. The minimum atomic E-state index is 0.0749. The zero-order valence-corrected chi connectivity index (χ0v) is 17.8. The number of hydrogen-bond donors (Lipinski definition) is 0. The van der Waals surface area contributed by atoms with Crippen LogP contribution in [0.3, 0.4) is 0 Å². The quantitative estimate of drug-likeness (QED) is 0.767. The van der Waals surface area contributed by atoms with Gasteiger partial charge in [0.1, 0.15) is 0 Å². The summed E-state index contributed by atoms with van der Waals surface area (Å²) in [7, 11) is 0. The molecular formula is C25H31N3O2. The molecule has 5 heteroatoms. The first-order valence-electron chi connectivity index (χ1n) is 11.2. The van der Waals surface area contributed by atoms with Gasteiger partial charge in [0.05, 0.1) is 6.54 Å². The molecule has 2 aliphatic rings. The Morgan fingerprint density at radius 2 is 1.87 bits per heavy atom. The summed E-state index contributed by atoms with van der Waals surface area (Å²) < 4.78 is 0. The standard InChI is InChI=1S/C25H31N3O2/c1-19-15-22(20-9-4-2-5-10-20)16-23(26-19)21-11-8-14-27(17-21)25(30)18-28-13-7-3-6-12-24(28)29/h2,4-5,9-10,15-16,21H,3,6-8,11-14,17-18H2,1H3/t21-/m0/s1. The van der Waals surface area contributed by atoms with Gasteiger partial charge in [-0.15, -0.1) is 0 Å². The van der Waals surface area contributed by atoms with E-state index < -0.39 is 0 Å². The largest absolute Gasteiger partial charge is 0.340 e. The fourth-order valence-corrected chi connectivity index (χ4v) is 4.61. The highest BCUT2D eigenvalue weighted by Crippen LogP contribution is 2.29. The Morgan fingerprint density at radius 1 is 1.03 bits per heavy atom. The van der Waals surface area contributed by atoms with Crippen LogP contribution in [0.2, 0.25) is 0 Å². The molecule has 1 aromatic carbocycles. The number of piperidine rings is 1. The Hall–Kier alpha value is -2.69. The molecule has 0 aliphatic carbocycles. The SMILES string of the molecule is Cc1cc(-c2ccccc2)cc([C@H]2CCCN(C(=O)CN3CCCCCC3=O)C2)n1. The molecule has 1 atom stereocenters. The maximum absolute atomic E-state index is 13.0. The summed E-state index contributed by atoms with van der Waals surface area (Å²) in [6.45, 7) is 4.43. The Morgan fingerprint density at radius 3 is 2.70 bits per heavy atom. The van der Waals surface area contributed by atoms with E-state index in [0.717, 1.165) is 50.0 Å². The van der Waals surface area contributed by atoms with E-state index in [-0.39, 0.29) is 24.3 Å². The molecule has 3 heterocycles. The lowest BCUT2D eigenvalue weighted by atomic mass is 9.92. The monoisotopic (exact) mass is 405 g/mol. The van der Waals surface area contributed by atoms with Gasteiger partial charge >= 0.3 is 0 Å². The molecule has 0 unspecified atom stereocenters. The van der Waals surface area contributed by atoms with Crippen LogP contribution in [-0.2, 0) is 9.59 Å². The number of amides is 2. The van der Waals surface area contributed by atoms with Gasteiger partial charge in [-0.1, -0.05) is 36.8 Å². The van der Waals surface area contributed by atoms with Gasteiger partial charge < -0.3 is 9.80 Å². The zero-order valence-electron chi connectivity index (χ0n) is 17.8. The molecule has 0 spiro atoms. The molecular weight excluding hydrogens is 374 g/mol. The fraction of sp³-hybridized carbons (Fsp3) is 0.480. The van der Waals surface area contributed by atoms with E-state index in [1.807, 2.05) is 17.9 Å². The fourth-order valence-electron chi connectivity index (χ4n) is 4.61. The number of likely N-dealkylation sites (tertiary alicyclic amines) is 2. The second kappa shape index (κ2) is 9.41. The normalized spacial score (nSPS) is 20.2. The van der Waals surface area contributed by atoms with Crippen LogP contribution in [0.25, 0.3) is 11.1 Å². The predicted molar refractivity (Wildman–Crippen MR) is 118 cm³/mol. The molecule has 0 bridgehead atoms. The highest BCUT2D eigenvalue weighted by atomic mass is 16.2. The van der Waals surface area contributed by atoms with E-state index in [1.54, 1.807) is 4.90 Å². The molecule has 1 aromatic heterocycles. The average molecular weight is 406 g/mol. The third-order valence-electron chi connectivity index (χ3n) is 6.27. The van der Waals surface area contributed by atoms with Crippen LogP contribution in [0.1, 0.15) is 55.8 Å². The minimum absolute atomic E-state index is 0.0749. The molecule has 2 saturated heterocycles. The molecule has 2 aliphatic heterocycles. The van der Waals surface area contributed by atoms with Crippen molar-refractivity contribution in [2.24, 2.45) is 0 Å². The van der Waals surface area contributed by atoms with Crippen molar-refractivity contribution in [3.05, 3.63) is 53.9 Å². The summed E-state index contributed by atoms with van der Waals surface area (Å²) >= 11 is 0. The van der Waals surface area contributed by atoms with Gasteiger partial charge in [0.25, 0.3) is 0 Å². The Bertz CT molecular complexity index is 897. The Labute approximate surface area is 179 Å². The van der Waals surface area contributed by atoms with Crippen LogP contribution in [0.5, 0.6) is 0 Å². The van der Waals surface area contributed by atoms with Crippen molar-refractivity contribution in [1.29, 1.82) is 0 Å². The molecule has 2 aromatic rings. The van der Waals surface area contributed by atoms with Gasteiger partial charge in [-0.2, -0.15) is 0 Å². The number of carbonyl (C=O) groups is 2. The highest BCUT2D eigenvalue weighted by Gasteiger charge is 2.28.